The Bertz CT molecular complexity index is 97.6. The van der Waals surface area contributed by atoms with Crippen LogP contribution in [0.3, 0.4) is 0 Å². The van der Waals surface area contributed by atoms with Gasteiger partial charge < -0.3 is 0 Å². The van der Waals surface area contributed by atoms with Gasteiger partial charge in [0.1, 0.15) is 6.34 Å². The van der Waals surface area contributed by atoms with Crippen molar-refractivity contribution in [2.75, 3.05) is 6.54 Å². The van der Waals surface area contributed by atoms with Crippen LogP contribution >= 0.6 is 0 Å². The van der Waals surface area contributed by atoms with Crippen LogP contribution in [-0.2, 0) is 17.1 Å². The molecule has 0 bridgehead atoms. The smallest absolute Gasteiger partial charge is 0.268 e. The normalized spacial score (nSPS) is 11.1. The van der Waals surface area contributed by atoms with Gasteiger partial charge in [-0.25, -0.2) is 24.6 Å². The summed E-state index contributed by atoms with van der Waals surface area (Å²) in [5.41, 5.74) is 0. The van der Waals surface area contributed by atoms with Gasteiger partial charge in [0.2, 0.25) is 0 Å². The fourth-order valence-electron chi connectivity index (χ4n) is 0.236. The zero-order valence-electron chi connectivity index (χ0n) is 5.05. The Morgan fingerprint density at radius 2 is 2.22 bits per heavy atom. The Morgan fingerprint density at radius 1 is 1.67 bits per heavy atom. The zero-order chi connectivity index (χ0) is 6.24. The first-order chi connectivity index (χ1) is 3.91. The van der Waals surface area contributed by atoms with Crippen molar-refractivity contribution in [1.82, 2.24) is 0 Å². The maximum Gasteiger partial charge on any atom is 1.00 e. The van der Waals surface area contributed by atoms with Gasteiger partial charge in [0.15, 0.2) is 0 Å². The standard InChI is InChI=1S/C3H4N2.C3H5.Cu/c1-2-5-3-4-1;1-3-2;/h1,3H,2H2;3H,1-2H2;/q;-1;+1. The summed E-state index contributed by atoms with van der Waals surface area (Å²) in [6, 6.07) is 0. The second-order valence-electron chi connectivity index (χ2n) is 1.10. The van der Waals surface area contributed by atoms with Crippen molar-refractivity contribution >= 4 is 12.6 Å². The van der Waals surface area contributed by atoms with Gasteiger partial charge in [-0.3, -0.25) is 4.99 Å². The average molecular weight is 173 g/mol. The molecule has 0 aromatic carbocycles. The number of nitrogens with zero attached hydrogens (tertiary/aromatic N) is 2. The van der Waals surface area contributed by atoms with Gasteiger partial charge >= 0.3 is 17.1 Å². The molecule has 1 aliphatic heterocycles. The largest absolute Gasteiger partial charge is 1.00 e. The number of aliphatic imine (C=N–C) groups is 2. The molecule has 1 heterocycles. The van der Waals surface area contributed by atoms with E-state index in [0.29, 0.717) is 0 Å². The summed E-state index contributed by atoms with van der Waals surface area (Å²) in [7, 11) is 0. The van der Waals surface area contributed by atoms with E-state index in [4.69, 9.17) is 0 Å². The molecule has 0 aromatic rings. The van der Waals surface area contributed by atoms with Gasteiger partial charge in [0.05, 0.1) is 6.54 Å². The predicted octanol–water partition coefficient (Wildman–Crippen LogP) is 1.10. The maximum atomic E-state index is 3.74. The number of hydrogen-bond donors (Lipinski definition) is 0. The summed E-state index contributed by atoms with van der Waals surface area (Å²) < 4.78 is 0. The number of allylic oxidation sites excluding steroid dienone is 1. The number of hydrogen-bond acceptors (Lipinski definition) is 2. The van der Waals surface area contributed by atoms with E-state index in [1.165, 1.54) is 6.08 Å². The Balaban J connectivity index is 0. The van der Waals surface area contributed by atoms with Crippen LogP contribution in [0.25, 0.3) is 0 Å². The van der Waals surface area contributed by atoms with Crippen molar-refractivity contribution in [3.8, 4) is 0 Å². The van der Waals surface area contributed by atoms with Crippen LogP contribution in [0.4, 0.5) is 0 Å². The van der Waals surface area contributed by atoms with Crippen molar-refractivity contribution in [3.05, 3.63) is 19.6 Å². The fourth-order valence-corrected chi connectivity index (χ4v) is 0.236. The summed E-state index contributed by atoms with van der Waals surface area (Å²) in [5, 5.41) is 0. The molecule has 1 rings (SSSR count). The molecule has 54 valence electrons. The second kappa shape index (κ2) is 10.5. The van der Waals surface area contributed by atoms with Gasteiger partial charge in [0.25, 0.3) is 0 Å². The van der Waals surface area contributed by atoms with Crippen LogP contribution in [0.15, 0.2) is 22.6 Å². The second-order valence-corrected chi connectivity index (χ2v) is 1.10. The summed E-state index contributed by atoms with van der Waals surface area (Å²) in [6.45, 7) is 7.28. The summed E-state index contributed by atoms with van der Waals surface area (Å²) in [4.78, 5) is 7.40. The van der Waals surface area contributed by atoms with E-state index in [1.807, 2.05) is 0 Å². The molecule has 0 radical (unpaired) electrons. The first kappa shape index (κ1) is 11.3. The van der Waals surface area contributed by atoms with Gasteiger partial charge in [-0.1, -0.05) is 0 Å². The van der Waals surface area contributed by atoms with E-state index in [1.54, 1.807) is 12.6 Å². The quantitative estimate of drug-likeness (QED) is 0.386. The first-order valence-electron chi connectivity index (χ1n) is 2.32. The van der Waals surface area contributed by atoms with Crippen LogP contribution in [0.1, 0.15) is 0 Å². The molecule has 9 heavy (non-hydrogen) atoms. The van der Waals surface area contributed by atoms with Crippen LogP contribution < -0.4 is 0 Å². The van der Waals surface area contributed by atoms with Crippen molar-refractivity contribution in [2.45, 2.75) is 0 Å². The third-order valence-electron chi connectivity index (χ3n) is 0.441. The Kier molecular flexibility index (Phi) is 13.1. The Labute approximate surface area is 66.3 Å². The molecule has 0 N–H and O–H groups in total. The summed E-state index contributed by atoms with van der Waals surface area (Å²) in [6.07, 6.45) is 4.82. The van der Waals surface area contributed by atoms with Crippen molar-refractivity contribution in [3.63, 3.8) is 0 Å². The van der Waals surface area contributed by atoms with Crippen LogP contribution in [0.5, 0.6) is 0 Å². The van der Waals surface area contributed by atoms with Crippen LogP contribution in [-0.4, -0.2) is 19.1 Å². The fraction of sp³-hybridized carbons (Fsp3) is 0.167. The van der Waals surface area contributed by atoms with Gasteiger partial charge in [-0.15, -0.1) is 0 Å². The molecule has 0 amide bonds. The predicted molar refractivity (Wildman–Crippen MR) is 37.4 cm³/mol. The van der Waals surface area contributed by atoms with E-state index >= 15 is 0 Å². The first-order valence-corrected chi connectivity index (χ1v) is 2.32. The van der Waals surface area contributed by atoms with Crippen molar-refractivity contribution in [2.24, 2.45) is 9.98 Å². The van der Waals surface area contributed by atoms with Gasteiger partial charge in [-0.05, 0) is 0 Å². The molecule has 0 unspecified atom stereocenters. The maximum absolute atomic E-state index is 3.74. The third kappa shape index (κ3) is 11.2. The molecule has 0 atom stereocenters. The molecule has 0 fully saturated rings. The molecule has 3 heteroatoms. The van der Waals surface area contributed by atoms with E-state index in [-0.39, 0.29) is 17.1 Å². The van der Waals surface area contributed by atoms with E-state index < -0.39 is 0 Å². The van der Waals surface area contributed by atoms with Crippen LogP contribution in [0.2, 0.25) is 0 Å². The molecular weight excluding hydrogens is 164 g/mol. The van der Waals surface area contributed by atoms with Crippen molar-refractivity contribution in [1.29, 1.82) is 0 Å². The Morgan fingerprint density at radius 3 is 2.33 bits per heavy atom. The Hall–Kier alpha value is -0.531. The minimum atomic E-state index is 0. The summed E-state index contributed by atoms with van der Waals surface area (Å²) >= 11 is 0. The monoisotopic (exact) mass is 172 g/mol. The molecule has 1 aliphatic rings. The molecule has 0 spiro atoms. The zero-order valence-corrected chi connectivity index (χ0v) is 5.99. The van der Waals surface area contributed by atoms with Gasteiger partial charge in [0, 0.05) is 6.21 Å². The molecule has 0 aromatic heterocycles. The van der Waals surface area contributed by atoms with E-state index in [2.05, 4.69) is 23.5 Å². The van der Waals surface area contributed by atoms with E-state index in [9.17, 15) is 0 Å². The van der Waals surface area contributed by atoms with E-state index in [0.717, 1.165) is 6.54 Å². The topological polar surface area (TPSA) is 24.7 Å². The molecule has 2 nitrogen and oxygen atoms in total. The van der Waals surface area contributed by atoms with Crippen LogP contribution in [0, 0.1) is 6.92 Å². The van der Waals surface area contributed by atoms with Gasteiger partial charge in [-0.2, -0.15) is 0 Å². The molecular formula is C6H9CuN2. The number of rotatable bonds is 0. The molecule has 0 aliphatic carbocycles. The summed E-state index contributed by atoms with van der Waals surface area (Å²) in [5.74, 6) is 0. The third-order valence-corrected chi connectivity index (χ3v) is 0.441. The minimum absolute atomic E-state index is 0. The molecule has 0 saturated carbocycles. The van der Waals surface area contributed by atoms with Crippen molar-refractivity contribution < 1.29 is 17.1 Å². The average Bonchev–Trinajstić information content (AvgIpc) is 2.17. The SMILES string of the molecule is C1=NC=NC1.C=C[CH2-].[Cu+]. The minimum Gasteiger partial charge on any atom is -0.268 e. The molecule has 0 saturated heterocycles.